The van der Waals surface area contributed by atoms with Crippen LogP contribution in [0.1, 0.15) is 27.2 Å². The second-order valence-electron chi connectivity index (χ2n) is 4.13. The molecular weight excluding hydrogens is 238 g/mol. The summed E-state index contributed by atoms with van der Waals surface area (Å²) in [5, 5.41) is 0. The van der Waals surface area contributed by atoms with Crippen molar-refractivity contribution >= 4 is 15.8 Å². The van der Waals surface area contributed by atoms with E-state index in [4.69, 9.17) is 5.73 Å². The lowest BCUT2D eigenvalue weighted by Gasteiger charge is -2.25. The highest BCUT2D eigenvalue weighted by atomic mass is 32.2. The fraction of sp³-hybridized carbons (Fsp3) is 0.545. The number of sulfonamides is 1. The summed E-state index contributed by atoms with van der Waals surface area (Å²) < 4.78 is 26.2. The number of aromatic nitrogens is 1. The van der Waals surface area contributed by atoms with E-state index >= 15 is 0 Å². The van der Waals surface area contributed by atoms with Crippen LogP contribution in [0.15, 0.2) is 23.2 Å². The standard InChI is InChI=1S/C11H19N3O2S/c1-4-7-14(9(2)3)17(15,16)10-5-6-13-11(12)8-10/h5-6,8-9H,4,7H2,1-3H3,(H2,12,13). The van der Waals surface area contributed by atoms with Crippen LogP contribution in [0.25, 0.3) is 0 Å². The van der Waals surface area contributed by atoms with E-state index in [9.17, 15) is 8.42 Å². The lowest BCUT2D eigenvalue weighted by molar-refractivity contribution is 0.354. The first-order valence-electron chi connectivity index (χ1n) is 5.63. The van der Waals surface area contributed by atoms with E-state index in [0.29, 0.717) is 6.54 Å². The minimum Gasteiger partial charge on any atom is -0.384 e. The Morgan fingerprint density at radius 1 is 1.47 bits per heavy atom. The molecule has 1 heterocycles. The van der Waals surface area contributed by atoms with Gasteiger partial charge in [0.25, 0.3) is 0 Å². The molecule has 0 fully saturated rings. The molecule has 1 rings (SSSR count). The minimum absolute atomic E-state index is 0.0747. The maximum absolute atomic E-state index is 12.4. The van der Waals surface area contributed by atoms with Gasteiger partial charge >= 0.3 is 0 Å². The highest BCUT2D eigenvalue weighted by Crippen LogP contribution is 2.19. The van der Waals surface area contributed by atoms with Crippen molar-refractivity contribution in [2.24, 2.45) is 0 Å². The topological polar surface area (TPSA) is 76.3 Å². The van der Waals surface area contributed by atoms with Gasteiger partial charge in [0, 0.05) is 24.8 Å². The molecule has 1 aromatic heterocycles. The predicted octanol–water partition coefficient (Wildman–Crippen LogP) is 1.47. The van der Waals surface area contributed by atoms with Gasteiger partial charge in [0.1, 0.15) is 5.82 Å². The maximum atomic E-state index is 12.4. The molecule has 1 aromatic rings. The number of hydrogen-bond acceptors (Lipinski definition) is 4. The summed E-state index contributed by atoms with van der Waals surface area (Å²) in [4.78, 5) is 4.00. The molecule has 0 radical (unpaired) electrons. The van der Waals surface area contributed by atoms with E-state index < -0.39 is 10.0 Å². The Hall–Kier alpha value is -1.14. The van der Waals surface area contributed by atoms with Crippen LogP contribution in [0.4, 0.5) is 5.82 Å². The number of nitrogens with zero attached hydrogens (tertiary/aromatic N) is 2. The SMILES string of the molecule is CCCN(C(C)C)S(=O)(=O)c1ccnc(N)c1. The van der Waals surface area contributed by atoms with Gasteiger partial charge < -0.3 is 5.73 Å². The molecule has 0 unspecified atom stereocenters. The van der Waals surface area contributed by atoms with Crippen molar-refractivity contribution in [3.8, 4) is 0 Å². The molecule has 0 amide bonds. The Bertz CT molecular complexity index is 471. The molecule has 96 valence electrons. The molecule has 0 aliphatic heterocycles. The Balaban J connectivity index is 3.16. The first-order chi connectivity index (χ1) is 7.89. The molecule has 0 atom stereocenters. The molecule has 0 saturated heterocycles. The van der Waals surface area contributed by atoms with Gasteiger partial charge in [-0.25, -0.2) is 13.4 Å². The maximum Gasteiger partial charge on any atom is 0.243 e. The molecule has 2 N–H and O–H groups in total. The predicted molar refractivity (Wildman–Crippen MR) is 68.0 cm³/mol. The highest BCUT2D eigenvalue weighted by molar-refractivity contribution is 7.89. The lowest BCUT2D eigenvalue weighted by atomic mass is 10.4. The summed E-state index contributed by atoms with van der Waals surface area (Å²) >= 11 is 0. The molecule has 0 aliphatic rings. The minimum atomic E-state index is -3.47. The van der Waals surface area contributed by atoms with Crippen LogP contribution in [0.5, 0.6) is 0 Å². The van der Waals surface area contributed by atoms with E-state index in [1.807, 2.05) is 20.8 Å². The summed E-state index contributed by atoms with van der Waals surface area (Å²) in [5.41, 5.74) is 5.51. The fourth-order valence-electron chi connectivity index (χ4n) is 1.60. The molecule has 0 aromatic carbocycles. The average molecular weight is 257 g/mol. The molecule has 0 spiro atoms. The van der Waals surface area contributed by atoms with Crippen LogP contribution >= 0.6 is 0 Å². The van der Waals surface area contributed by atoms with Gasteiger partial charge in [0.05, 0.1) is 4.90 Å². The molecule has 5 nitrogen and oxygen atoms in total. The van der Waals surface area contributed by atoms with Crippen LogP contribution in [0, 0.1) is 0 Å². The van der Waals surface area contributed by atoms with Crippen molar-refractivity contribution in [2.75, 3.05) is 12.3 Å². The smallest absolute Gasteiger partial charge is 0.243 e. The van der Waals surface area contributed by atoms with Crippen LogP contribution in [-0.4, -0.2) is 30.3 Å². The number of rotatable bonds is 5. The van der Waals surface area contributed by atoms with Crippen molar-refractivity contribution in [1.82, 2.24) is 9.29 Å². The molecule has 0 aliphatic carbocycles. The first kappa shape index (κ1) is 13.9. The number of nitrogens with two attached hydrogens (primary N) is 1. The van der Waals surface area contributed by atoms with Crippen LogP contribution in [-0.2, 0) is 10.0 Å². The average Bonchev–Trinajstić information content (AvgIpc) is 2.25. The number of pyridine rings is 1. The van der Waals surface area contributed by atoms with Crippen molar-refractivity contribution in [1.29, 1.82) is 0 Å². The van der Waals surface area contributed by atoms with Gasteiger partial charge in [0.15, 0.2) is 0 Å². The van der Waals surface area contributed by atoms with Crippen LogP contribution < -0.4 is 5.73 Å². The third-order valence-electron chi connectivity index (χ3n) is 2.38. The first-order valence-corrected chi connectivity index (χ1v) is 7.07. The summed E-state index contributed by atoms with van der Waals surface area (Å²) in [7, 11) is -3.47. The zero-order valence-electron chi connectivity index (χ0n) is 10.4. The molecule has 6 heteroatoms. The summed E-state index contributed by atoms with van der Waals surface area (Å²) in [6.45, 7) is 6.17. The van der Waals surface area contributed by atoms with Gasteiger partial charge in [-0.1, -0.05) is 6.92 Å². The second kappa shape index (κ2) is 5.46. The fourth-order valence-corrected chi connectivity index (χ4v) is 3.35. The van der Waals surface area contributed by atoms with Gasteiger partial charge in [-0.15, -0.1) is 0 Å². The third-order valence-corrected chi connectivity index (χ3v) is 4.45. The molecular formula is C11H19N3O2S. The van der Waals surface area contributed by atoms with Crippen molar-refractivity contribution in [2.45, 2.75) is 38.1 Å². The van der Waals surface area contributed by atoms with Gasteiger partial charge in [-0.05, 0) is 26.3 Å². The Labute approximate surface area is 103 Å². The van der Waals surface area contributed by atoms with Crippen molar-refractivity contribution < 1.29 is 8.42 Å². The zero-order chi connectivity index (χ0) is 13.1. The lowest BCUT2D eigenvalue weighted by Crippen LogP contribution is -2.37. The Kier molecular flexibility index (Phi) is 4.47. The van der Waals surface area contributed by atoms with Crippen molar-refractivity contribution in [3.63, 3.8) is 0 Å². The zero-order valence-corrected chi connectivity index (χ0v) is 11.2. The quantitative estimate of drug-likeness (QED) is 0.866. The van der Waals surface area contributed by atoms with Crippen LogP contribution in [0.2, 0.25) is 0 Å². The molecule has 17 heavy (non-hydrogen) atoms. The van der Waals surface area contributed by atoms with E-state index in [1.165, 1.54) is 22.6 Å². The highest BCUT2D eigenvalue weighted by Gasteiger charge is 2.26. The number of hydrogen-bond donors (Lipinski definition) is 1. The van der Waals surface area contributed by atoms with E-state index in [2.05, 4.69) is 4.98 Å². The summed E-state index contributed by atoms with van der Waals surface area (Å²) in [5.74, 6) is 0.214. The largest absolute Gasteiger partial charge is 0.384 e. The Morgan fingerprint density at radius 3 is 2.59 bits per heavy atom. The normalized spacial score (nSPS) is 12.3. The Morgan fingerprint density at radius 2 is 2.12 bits per heavy atom. The number of anilines is 1. The molecule has 0 saturated carbocycles. The summed E-state index contributed by atoms with van der Waals surface area (Å²) in [6, 6.07) is 2.78. The number of nitrogen functional groups attached to an aromatic ring is 1. The molecule has 0 bridgehead atoms. The van der Waals surface area contributed by atoms with Gasteiger partial charge in [-0.3, -0.25) is 0 Å². The second-order valence-corrected chi connectivity index (χ2v) is 6.02. The van der Waals surface area contributed by atoms with Crippen molar-refractivity contribution in [3.05, 3.63) is 18.3 Å². The summed E-state index contributed by atoms with van der Waals surface area (Å²) in [6.07, 6.45) is 2.19. The van der Waals surface area contributed by atoms with Gasteiger partial charge in [-0.2, -0.15) is 4.31 Å². The van der Waals surface area contributed by atoms with E-state index in [1.54, 1.807) is 0 Å². The van der Waals surface area contributed by atoms with E-state index in [0.717, 1.165) is 6.42 Å². The van der Waals surface area contributed by atoms with Crippen LogP contribution in [0.3, 0.4) is 0 Å². The third kappa shape index (κ3) is 3.17. The van der Waals surface area contributed by atoms with E-state index in [-0.39, 0.29) is 16.8 Å². The monoisotopic (exact) mass is 257 g/mol. The van der Waals surface area contributed by atoms with Gasteiger partial charge in [0.2, 0.25) is 10.0 Å².